The van der Waals surface area contributed by atoms with Crippen LogP contribution in [0.15, 0.2) is 42.6 Å². The van der Waals surface area contributed by atoms with Crippen LogP contribution in [0.25, 0.3) is 0 Å². The Morgan fingerprint density at radius 1 is 1.07 bits per heavy atom. The molecule has 0 atom stereocenters. The summed E-state index contributed by atoms with van der Waals surface area (Å²) in [6, 6.07) is 10.7. The van der Waals surface area contributed by atoms with Crippen molar-refractivity contribution in [3.8, 4) is 0 Å². The molecule has 3 rings (SSSR count). The van der Waals surface area contributed by atoms with Crippen LogP contribution in [0.2, 0.25) is 0 Å². The molecule has 0 spiro atoms. The second-order valence-electron chi connectivity index (χ2n) is 6.12. The average molecular weight is 369 g/mol. The van der Waals surface area contributed by atoms with Gasteiger partial charge in [0, 0.05) is 46.0 Å². The number of piperazine rings is 1. The van der Waals surface area contributed by atoms with Gasteiger partial charge in [0.25, 0.3) is 11.8 Å². The Balaban J connectivity index is 1.60. The average Bonchev–Trinajstić information content (AvgIpc) is 2.74. The fraction of sp³-hybridized carbons (Fsp3) is 0.368. The normalized spacial score (nSPS) is 14.1. The summed E-state index contributed by atoms with van der Waals surface area (Å²) in [5.41, 5.74) is 0.504. The lowest BCUT2D eigenvalue weighted by molar-refractivity contribution is 0.0740. The first-order valence-corrected chi connectivity index (χ1v) is 8.88. The van der Waals surface area contributed by atoms with Gasteiger partial charge in [-0.25, -0.2) is 9.97 Å². The van der Waals surface area contributed by atoms with Crippen LogP contribution in [0.3, 0.4) is 0 Å². The molecule has 2 aromatic heterocycles. The lowest BCUT2D eigenvalue weighted by Gasteiger charge is -2.35. The number of rotatable bonds is 6. The van der Waals surface area contributed by atoms with Crippen LogP contribution in [0, 0.1) is 0 Å². The molecule has 1 fully saturated rings. The fourth-order valence-electron chi connectivity index (χ4n) is 2.88. The van der Waals surface area contributed by atoms with Crippen molar-refractivity contribution in [3.63, 3.8) is 0 Å². The second-order valence-corrected chi connectivity index (χ2v) is 6.12. The first-order valence-electron chi connectivity index (χ1n) is 8.88. The zero-order chi connectivity index (χ0) is 19.1. The first kappa shape index (κ1) is 18.8. The van der Waals surface area contributed by atoms with Crippen molar-refractivity contribution in [1.82, 2.24) is 20.2 Å². The summed E-state index contributed by atoms with van der Waals surface area (Å²) in [5.74, 6) is 0.432. The van der Waals surface area contributed by atoms with E-state index in [2.05, 4.69) is 20.2 Å². The Morgan fingerprint density at radius 2 is 1.85 bits per heavy atom. The Bertz CT molecular complexity index is 776. The molecule has 0 radical (unpaired) electrons. The zero-order valence-electron chi connectivity index (χ0n) is 15.3. The third-order valence-electron chi connectivity index (χ3n) is 4.33. The predicted molar refractivity (Wildman–Crippen MR) is 101 cm³/mol. The largest absolute Gasteiger partial charge is 0.383 e. The summed E-state index contributed by atoms with van der Waals surface area (Å²) in [5, 5.41) is 2.70. The molecule has 3 heterocycles. The quantitative estimate of drug-likeness (QED) is 0.759. The maximum atomic E-state index is 12.8. The Morgan fingerprint density at radius 3 is 2.56 bits per heavy atom. The molecule has 27 heavy (non-hydrogen) atoms. The molecule has 8 nitrogen and oxygen atoms in total. The van der Waals surface area contributed by atoms with Crippen LogP contribution in [0.5, 0.6) is 0 Å². The summed E-state index contributed by atoms with van der Waals surface area (Å²) in [4.78, 5) is 37.3. The molecule has 1 N–H and O–H groups in total. The molecule has 2 aromatic rings. The number of carbonyl (C=O) groups excluding carboxylic acids is 2. The summed E-state index contributed by atoms with van der Waals surface area (Å²) < 4.78 is 4.91. The molecule has 1 saturated heterocycles. The van der Waals surface area contributed by atoms with E-state index >= 15 is 0 Å². The number of nitrogens with one attached hydrogen (secondary N) is 1. The van der Waals surface area contributed by atoms with Gasteiger partial charge in [0.1, 0.15) is 17.2 Å². The zero-order valence-corrected chi connectivity index (χ0v) is 15.3. The fourth-order valence-corrected chi connectivity index (χ4v) is 2.88. The number of nitrogens with zero attached hydrogens (tertiary/aromatic N) is 4. The summed E-state index contributed by atoms with van der Waals surface area (Å²) in [6.45, 7) is 3.40. The van der Waals surface area contributed by atoms with Gasteiger partial charge >= 0.3 is 0 Å². The van der Waals surface area contributed by atoms with E-state index in [0.29, 0.717) is 39.3 Å². The van der Waals surface area contributed by atoms with Gasteiger partial charge < -0.3 is 19.9 Å². The molecular weight excluding hydrogens is 346 g/mol. The monoisotopic (exact) mass is 369 g/mol. The van der Waals surface area contributed by atoms with E-state index < -0.39 is 0 Å². The Labute approximate surface area is 158 Å². The van der Waals surface area contributed by atoms with E-state index in [1.54, 1.807) is 36.4 Å². The van der Waals surface area contributed by atoms with Gasteiger partial charge in [0.05, 0.1) is 6.61 Å². The topological polar surface area (TPSA) is 87.7 Å². The molecule has 8 heteroatoms. The number of methoxy groups -OCH3 is 1. The minimum atomic E-state index is -0.318. The number of pyridine rings is 2. The molecule has 0 bridgehead atoms. The van der Waals surface area contributed by atoms with Crippen LogP contribution >= 0.6 is 0 Å². The third-order valence-corrected chi connectivity index (χ3v) is 4.33. The number of anilines is 1. The van der Waals surface area contributed by atoms with Crippen molar-refractivity contribution in [3.05, 3.63) is 54.0 Å². The van der Waals surface area contributed by atoms with Gasteiger partial charge in [-0.15, -0.1) is 0 Å². The van der Waals surface area contributed by atoms with Crippen molar-refractivity contribution in [1.29, 1.82) is 0 Å². The standard InChI is InChI=1S/C19H23N5O3/c1-27-14-9-21-18(25)15-5-4-6-16(22-15)19(26)24-12-10-23(11-13-24)17-7-2-3-8-20-17/h2-8H,9-14H2,1H3,(H,21,25). The number of hydrogen-bond acceptors (Lipinski definition) is 6. The number of ether oxygens (including phenoxy) is 1. The number of amides is 2. The third kappa shape index (κ3) is 4.79. The highest BCUT2D eigenvalue weighted by atomic mass is 16.5. The van der Waals surface area contributed by atoms with Gasteiger partial charge in [0.15, 0.2) is 0 Å². The molecule has 2 amide bonds. The molecule has 0 aliphatic carbocycles. The van der Waals surface area contributed by atoms with Crippen molar-refractivity contribution in [2.75, 3.05) is 51.3 Å². The minimum absolute atomic E-state index is 0.165. The van der Waals surface area contributed by atoms with Gasteiger partial charge in [-0.05, 0) is 24.3 Å². The number of hydrogen-bond donors (Lipinski definition) is 1. The Kier molecular flexibility index (Phi) is 6.32. The van der Waals surface area contributed by atoms with E-state index in [9.17, 15) is 9.59 Å². The molecular formula is C19H23N5O3. The van der Waals surface area contributed by atoms with E-state index in [4.69, 9.17) is 4.74 Å². The highest BCUT2D eigenvalue weighted by Gasteiger charge is 2.24. The maximum absolute atomic E-state index is 12.8. The molecule has 0 aromatic carbocycles. The highest BCUT2D eigenvalue weighted by molar-refractivity contribution is 5.96. The van der Waals surface area contributed by atoms with Gasteiger partial charge in [-0.3, -0.25) is 9.59 Å². The molecule has 1 aliphatic heterocycles. The smallest absolute Gasteiger partial charge is 0.272 e. The van der Waals surface area contributed by atoms with Crippen LogP contribution in [-0.2, 0) is 4.74 Å². The molecule has 142 valence electrons. The molecule has 0 saturated carbocycles. The SMILES string of the molecule is COCCNC(=O)c1cccc(C(=O)N2CCN(c3ccccn3)CC2)n1. The molecule has 1 aliphatic rings. The highest BCUT2D eigenvalue weighted by Crippen LogP contribution is 2.14. The van der Waals surface area contributed by atoms with Crippen LogP contribution in [-0.4, -0.2) is 73.1 Å². The first-order chi connectivity index (χ1) is 13.2. The van der Waals surface area contributed by atoms with E-state index in [1.807, 2.05) is 18.2 Å². The lowest BCUT2D eigenvalue weighted by atomic mass is 10.2. The molecule has 0 unspecified atom stereocenters. The minimum Gasteiger partial charge on any atom is -0.383 e. The lowest BCUT2D eigenvalue weighted by Crippen LogP contribution is -2.49. The number of aromatic nitrogens is 2. The second kappa shape index (κ2) is 9.09. The summed E-state index contributed by atoms with van der Waals surface area (Å²) >= 11 is 0. The van der Waals surface area contributed by atoms with E-state index in [0.717, 1.165) is 5.82 Å². The van der Waals surface area contributed by atoms with Crippen LogP contribution < -0.4 is 10.2 Å². The maximum Gasteiger partial charge on any atom is 0.272 e. The van der Waals surface area contributed by atoms with Crippen molar-refractivity contribution >= 4 is 17.6 Å². The van der Waals surface area contributed by atoms with Gasteiger partial charge in [-0.1, -0.05) is 12.1 Å². The number of carbonyl (C=O) groups is 2. The summed E-state index contributed by atoms with van der Waals surface area (Å²) in [7, 11) is 1.57. The van der Waals surface area contributed by atoms with Crippen LogP contribution in [0.4, 0.5) is 5.82 Å². The van der Waals surface area contributed by atoms with Gasteiger partial charge in [-0.2, -0.15) is 0 Å². The van der Waals surface area contributed by atoms with Crippen molar-refractivity contribution in [2.24, 2.45) is 0 Å². The Hall–Kier alpha value is -3.00. The summed E-state index contributed by atoms with van der Waals surface area (Å²) in [6.07, 6.45) is 1.76. The van der Waals surface area contributed by atoms with E-state index in [-0.39, 0.29) is 23.2 Å². The van der Waals surface area contributed by atoms with Gasteiger partial charge in [0.2, 0.25) is 0 Å². The van der Waals surface area contributed by atoms with Crippen molar-refractivity contribution in [2.45, 2.75) is 0 Å². The predicted octanol–water partition coefficient (Wildman–Crippen LogP) is 0.815. The van der Waals surface area contributed by atoms with Crippen molar-refractivity contribution < 1.29 is 14.3 Å². The van der Waals surface area contributed by atoms with E-state index in [1.165, 1.54) is 0 Å². The van der Waals surface area contributed by atoms with Crippen LogP contribution in [0.1, 0.15) is 21.0 Å².